The molecule has 108 valence electrons. The maximum atomic E-state index is 8.90. The Morgan fingerprint density at radius 3 is 2.67 bits per heavy atom. The van der Waals surface area contributed by atoms with Crippen molar-refractivity contribution >= 4 is 11.6 Å². The van der Waals surface area contributed by atoms with E-state index in [1.54, 1.807) is 12.1 Å². The molecule has 5 heteroatoms. The Hall–Kier alpha value is -2.61. The first-order valence-electron chi connectivity index (χ1n) is 6.76. The number of aromatic nitrogens is 2. The van der Waals surface area contributed by atoms with Gasteiger partial charge in [0, 0.05) is 18.0 Å². The lowest BCUT2D eigenvalue weighted by Crippen LogP contribution is -2.18. The predicted molar refractivity (Wildman–Crippen MR) is 83.6 cm³/mol. The van der Waals surface area contributed by atoms with Crippen molar-refractivity contribution in [3.63, 3.8) is 0 Å². The summed E-state index contributed by atoms with van der Waals surface area (Å²) < 4.78 is 0. The molecule has 0 bridgehead atoms. The molecule has 0 amide bonds. The fourth-order valence-electron chi connectivity index (χ4n) is 1.84. The molecule has 0 aliphatic rings. The van der Waals surface area contributed by atoms with Crippen molar-refractivity contribution in [2.45, 2.75) is 32.7 Å². The molecule has 0 atom stereocenters. The van der Waals surface area contributed by atoms with Gasteiger partial charge < -0.3 is 11.1 Å². The summed E-state index contributed by atoms with van der Waals surface area (Å²) in [6, 6.07) is 11.3. The minimum Gasteiger partial charge on any atom is -0.384 e. The molecule has 1 aromatic carbocycles. The first kappa shape index (κ1) is 14.8. The van der Waals surface area contributed by atoms with Crippen molar-refractivity contribution < 1.29 is 0 Å². The Labute approximate surface area is 124 Å². The first-order chi connectivity index (χ1) is 9.88. The Kier molecular flexibility index (Phi) is 4.08. The highest BCUT2D eigenvalue weighted by atomic mass is 15.1. The Morgan fingerprint density at radius 2 is 2.00 bits per heavy atom. The standard InChI is InChI=1S/C16H19N5/c1-16(2,3)15-20-13(18)8-14(21-15)19-10-12-6-4-5-11(7-12)9-17/h4-8H,10H2,1-3H3,(H3,18,19,20,21). The topological polar surface area (TPSA) is 87.6 Å². The summed E-state index contributed by atoms with van der Waals surface area (Å²) in [5.74, 6) is 1.84. The summed E-state index contributed by atoms with van der Waals surface area (Å²) in [7, 11) is 0. The van der Waals surface area contributed by atoms with Crippen LogP contribution in [0.15, 0.2) is 30.3 Å². The van der Waals surface area contributed by atoms with E-state index in [0.717, 1.165) is 5.56 Å². The third-order valence-electron chi connectivity index (χ3n) is 2.95. The number of nitrogens with zero attached hydrogens (tertiary/aromatic N) is 3. The van der Waals surface area contributed by atoms with Crippen LogP contribution >= 0.6 is 0 Å². The number of nitrogen functional groups attached to an aromatic ring is 1. The molecule has 0 fully saturated rings. The minimum atomic E-state index is -0.160. The molecule has 0 spiro atoms. The van der Waals surface area contributed by atoms with Gasteiger partial charge in [-0.15, -0.1) is 0 Å². The third kappa shape index (κ3) is 3.93. The van der Waals surface area contributed by atoms with Crippen molar-refractivity contribution in [2.75, 3.05) is 11.1 Å². The molecule has 1 aromatic heterocycles. The maximum absolute atomic E-state index is 8.90. The number of hydrogen-bond acceptors (Lipinski definition) is 5. The van der Waals surface area contributed by atoms with E-state index in [9.17, 15) is 0 Å². The molecule has 2 aromatic rings. The first-order valence-corrected chi connectivity index (χ1v) is 6.76. The van der Waals surface area contributed by atoms with Crippen molar-refractivity contribution in [3.05, 3.63) is 47.3 Å². The van der Waals surface area contributed by atoms with Gasteiger partial charge in [0.1, 0.15) is 17.5 Å². The predicted octanol–water partition coefficient (Wildman–Crippen LogP) is 2.84. The zero-order chi connectivity index (χ0) is 15.5. The van der Waals surface area contributed by atoms with Gasteiger partial charge in [-0.1, -0.05) is 32.9 Å². The van der Waals surface area contributed by atoms with E-state index in [2.05, 4.69) is 21.4 Å². The van der Waals surface area contributed by atoms with Crippen LogP contribution in [0.5, 0.6) is 0 Å². The second kappa shape index (κ2) is 5.80. The molecule has 5 nitrogen and oxygen atoms in total. The summed E-state index contributed by atoms with van der Waals surface area (Å²) in [5, 5.41) is 12.1. The zero-order valence-corrected chi connectivity index (χ0v) is 12.5. The lowest BCUT2D eigenvalue weighted by molar-refractivity contribution is 0.547. The van der Waals surface area contributed by atoms with Crippen LogP contribution in [-0.4, -0.2) is 9.97 Å². The van der Waals surface area contributed by atoms with E-state index >= 15 is 0 Å². The van der Waals surface area contributed by atoms with Crippen molar-refractivity contribution in [3.8, 4) is 6.07 Å². The molecule has 0 saturated carbocycles. The fraction of sp³-hybridized carbons (Fsp3) is 0.312. The number of nitrogens with two attached hydrogens (primary N) is 1. The highest BCUT2D eigenvalue weighted by Gasteiger charge is 2.18. The van der Waals surface area contributed by atoms with Crippen LogP contribution in [0, 0.1) is 11.3 Å². The third-order valence-corrected chi connectivity index (χ3v) is 2.95. The zero-order valence-electron chi connectivity index (χ0n) is 12.5. The van der Waals surface area contributed by atoms with Gasteiger partial charge in [0.05, 0.1) is 11.6 Å². The van der Waals surface area contributed by atoms with Gasteiger partial charge >= 0.3 is 0 Å². The highest BCUT2D eigenvalue weighted by molar-refractivity contribution is 5.46. The van der Waals surface area contributed by atoms with Crippen LogP contribution in [-0.2, 0) is 12.0 Å². The minimum absolute atomic E-state index is 0.160. The van der Waals surface area contributed by atoms with E-state index in [1.165, 1.54) is 0 Å². The maximum Gasteiger partial charge on any atom is 0.138 e. The molecule has 0 aliphatic heterocycles. The van der Waals surface area contributed by atoms with Crippen LogP contribution in [0.2, 0.25) is 0 Å². The largest absolute Gasteiger partial charge is 0.384 e. The fourth-order valence-corrected chi connectivity index (χ4v) is 1.84. The number of hydrogen-bond donors (Lipinski definition) is 2. The highest BCUT2D eigenvalue weighted by Crippen LogP contribution is 2.21. The molecule has 1 heterocycles. The summed E-state index contributed by atoms with van der Waals surface area (Å²) >= 11 is 0. The second-order valence-electron chi connectivity index (χ2n) is 5.92. The smallest absolute Gasteiger partial charge is 0.138 e. The van der Waals surface area contributed by atoms with E-state index < -0.39 is 0 Å². The number of nitriles is 1. The lowest BCUT2D eigenvalue weighted by atomic mass is 9.96. The SMILES string of the molecule is CC(C)(C)c1nc(N)cc(NCc2cccc(C#N)c2)n1. The Bertz CT molecular complexity index is 680. The van der Waals surface area contributed by atoms with Crippen LogP contribution in [0.3, 0.4) is 0 Å². The van der Waals surface area contributed by atoms with E-state index in [1.807, 2.05) is 39.0 Å². The lowest BCUT2D eigenvalue weighted by Gasteiger charge is -2.18. The van der Waals surface area contributed by atoms with E-state index in [0.29, 0.717) is 29.6 Å². The molecular weight excluding hydrogens is 262 g/mol. The van der Waals surface area contributed by atoms with Gasteiger partial charge in [0.15, 0.2) is 0 Å². The van der Waals surface area contributed by atoms with E-state index in [4.69, 9.17) is 11.0 Å². The van der Waals surface area contributed by atoms with Crippen LogP contribution < -0.4 is 11.1 Å². The number of anilines is 2. The van der Waals surface area contributed by atoms with Crippen LogP contribution in [0.1, 0.15) is 37.7 Å². The van der Waals surface area contributed by atoms with Crippen molar-refractivity contribution in [1.29, 1.82) is 5.26 Å². The molecule has 21 heavy (non-hydrogen) atoms. The Balaban J connectivity index is 2.16. The van der Waals surface area contributed by atoms with Gasteiger partial charge in [-0.2, -0.15) is 5.26 Å². The second-order valence-corrected chi connectivity index (χ2v) is 5.92. The molecule has 0 radical (unpaired) electrons. The summed E-state index contributed by atoms with van der Waals surface area (Å²) in [6.07, 6.45) is 0. The molecule has 0 unspecified atom stereocenters. The van der Waals surface area contributed by atoms with Gasteiger partial charge in [0.25, 0.3) is 0 Å². The van der Waals surface area contributed by atoms with Crippen molar-refractivity contribution in [1.82, 2.24) is 9.97 Å². The molecular formula is C16H19N5. The van der Waals surface area contributed by atoms with Crippen LogP contribution in [0.25, 0.3) is 0 Å². The number of nitrogens with one attached hydrogen (secondary N) is 1. The average molecular weight is 281 g/mol. The molecule has 2 rings (SSSR count). The van der Waals surface area contributed by atoms with Gasteiger partial charge in [0.2, 0.25) is 0 Å². The van der Waals surface area contributed by atoms with Gasteiger partial charge in [-0.3, -0.25) is 0 Å². The summed E-state index contributed by atoms with van der Waals surface area (Å²) in [4.78, 5) is 8.77. The summed E-state index contributed by atoms with van der Waals surface area (Å²) in [5.41, 5.74) is 7.34. The normalized spacial score (nSPS) is 11.0. The Morgan fingerprint density at radius 1 is 1.24 bits per heavy atom. The van der Waals surface area contributed by atoms with Gasteiger partial charge in [-0.05, 0) is 17.7 Å². The number of rotatable bonds is 3. The van der Waals surface area contributed by atoms with E-state index in [-0.39, 0.29) is 5.41 Å². The summed E-state index contributed by atoms with van der Waals surface area (Å²) in [6.45, 7) is 6.71. The van der Waals surface area contributed by atoms with Crippen molar-refractivity contribution in [2.24, 2.45) is 0 Å². The van der Waals surface area contributed by atoms with Crippen LogP contribution in [0.4, 0.5) is 11.6 Å². The van der Waals surface area contributed by atoms with Gasteiger partial charge in [-0.25, -0.2) is 9.97 Å². The quantitative estimate of drug-likeness (QED) is 0.903. The average Bonchev–Trinajstić information content (AvgIpc) is 2.44. The number of benzene rings is 1. The molecule has 0 aliphatic carbocycles. The monoisotopic (exact) mass is 281 g/mol. The molecule has 3 N–H and O–H groups in total. The molecule has 0 saturated heterocycles.